The maximum absolute atomic E-state index is 4.31. The van der Waals surface area contributed by atoms with Crippen molar-refractivity contribution in [3.05, 3.63) is 0 Å². The van der Waals surface area contributed by atoms with Gasteiger partial charge >= 0.3 is 0 Å². The third-order valence-electron chi connectivity index (χ3n) is 3.18. The lowest BCUT2D eigenvalue weighted by atomic mass is 9.84. The van der Waals surface area contributed by atoms with Crippen molar-refractivity contribution >= 4 is 6.21 Å². The fraction of sp³-hybridized carbons (Fsp3) is 0.909. The zero-order chi connectivity index (χ0) is 9.10. The fourth-order valence-corrected chi connectivity index (χ4v) is 1.90. The average Bonchev–Trinajstić information content (AvgIpc) is 2.92. The Kier molecular flexibility index (Phi) is 2.87. The van der Waals surface area contributed by atoms with Crippen LogP contribution < -0.4 is 5.43 Å². The number of hydrogen-bond donors (Lipinski definition) is 1. The zero-order valence-electron chi connectivity index (χ0n) is 8.50. The summed E-state index contributed by atoms with van der Waals surface area (Å²) in [5.41, 5.74) is 3.18. The Balaban J connectivity index is 1.65. The molecule has 74 valence electrons. The number of rotatable bonds is 3. The number of hydrazone groups is 1. The molecule has 0 saturated heterocycles. The molecule has 0 aromatic rings. The Morgan fingerprint density at radius 1 is 1.08 bits per heavy atom. The van der Waals surface area contributed by atoms with E-state index in [0.717, 1.165) is 11.8 Å². The average molecular weight is 180 g/mol. The molecule has 0 aromatic heterocycles. The minimum atomic E-state index is 0.707. The van der Waals surface area contributed by atoms with E-state index in [1.54, 1.807) is 0 Å². The summed E-state index contributed by atoms with van der Waals surface area (Å²) in [7, 11) is 0. The number of nitrogens with one attached hydrogen (secondary N) is 1. The minimum absolute atomic E-state index is 0.707. The van der Waals surface area contributed by atoms with Crippen molar-refractivity contribution in [2.24, 2.45) is 16.9 Å². The Hall–Kier alpha value is -0.530. The van der Waals surface area contributed by atoms with Crippen LogP contribution in [-0.2, 0) is 0 Å². The van der Waals surface area contributed by atoms with Crippen LogP contribution in [0.2, 0.25) is 0 Å². The maximum atomic E-state index is 4.31. The van der Waals surface area contributed by atoms with Crippen LogP contribution in [0, 0.1) is 11.8 Å². The molecule has 2 nitrogen and oxygen atoms in total. The predicted octanol–water partition coefficient (Wildman–Crippen LogP) is 2.55. The van der Waals surface area contributed by atoms with Crippen molar-refractivity contribution in [2.45, 2.75) is 51.5 Å². The molecule has 0 spiro atoms. The molecule has 2 saturated carbocycles. The van der Waals surface area contributed by atoms with Crippen LogP contribution in [0.3, 0.4) is 0 Å². The molecule has 2 fully saturated rings. The second kappa shape index (κ2) is 4.12. The van der Waals surface area contributed by atoms with Gasteiger partial charge in [0.1, 0.15) is 0 Å². The van der Waals surface area contributed by atoms with Crippen LogP contribution in [0.5, 0.6) is 0 Å². The van der Waals surface area contributed by atoms with E-state index in [0.29, 0.717) is 6.04 Å². The molecule has 0 atom stereocenters. The van der Waals surface area contributed by atoms with Crippen LogP contribution in [0.4, 0.5) is 0 Å². The van der Waals surface area contributed by atoms with E-state index < -0.39 is 0 Å². The molecule has 0 unspecified atom stereocenters. The van der Waals surface area contributed by atoms with E-state index in [1.165, 1.54) is 38.5 Å². The molecule has 1 N–H and O–H groups in total. The maximum Gasteiger partial charge on any atom is 0.0441 e. The number of nitrogens with zero attached hydrogens (tertiary/aromatic N) is 1. The lowest BCUT2D eigenvalue weighted by molar-refractivity contribution is 0.346. The summed E-state index contributed by atoms with van der Waals surface area (Å²) >= 11 is 0. The summed E-state index contributed by atoms with van der Waals surface area (Å²) in [5, 5.41) is 4.31. The summed E-state index contributed by atoms with van der Waals surface area (Å²) in [6.45, 7) is 2.36. The largest absolute Gasteiger partial charge is 0.307 e. The first-order valence-corrected chi connectivity index (χ1v) is 5.63. The van der Waals surface area contributed by atoms with Crippen LogP contribution >= 0.6 is 0 Å². The van der Waals surface area contributed by atoms with Gasteiger partial charge in [0.2, 0.25) is 0 Å². The minimum Gasteiger partial charge on any atom is -0.307 e. The van der Waals surface area contributed by atoms with Gasteiger partial charge in [-0.1, -0.05) is 19.8 Å². The molecule has 0 heterocycles. The SMILES string of the molecule is CC1CCC(/C=N/NC2CC2)CC1. The van der Waals surface area contributed by atoms with E-state index in [9.17, 15) is 0 Å². The van der Waals surface area contributed by atoms with Crippen molar-refractivity contribution in [3.63, 3.8) is 0 Å². The van der Waals surface area contributed by atoms with Crippen molar-refractivity contribution in [1.82, 2.24) is 5.43 Å². The lowest BCUT2D eigenvalue weighted by Crippen LogP contribution is -2.16. The molecule has 0 aliphatic heterocycles. The van der Waals surface area contributed by atoms with Crippen molar-refractivity contribution in [2.75, 3.05) is 0 Å². The molecule has 2 aliphatic rings. The topological polar surface area (TPSA) is 24.4 Å². The van der Waals surface area contributed by atoms with Gasteiger partial charge in [-0.15, -0.1) is 0 Å². The molecule has 2 heteroatoms. The fourth-order valence-electron chi connectivity index (χ4n) is 1.90. The van der Waals surface area contributed by atoms with Gasteiger partial charge in [-0.25, -0.2) is 0 Å². The van der Waals surface area contributed by atoms with Gasteiger partial charge in [-0.05, 0) is 37.5 Å². The van der Waals surface area contributed by atoms with Crippen LogP contribution in [-0.4, -0.2) is 12.3 Å². The van der Waals surface area contributed by atoms with E-state index >= 15 is 0 Å². The summed E-state index contributed by atoms with van der Waals surface area (Å²) < 4.78 is 0. The van der Waals surface area contributed by atoms with Crippen molar-refractivity contribution < 1.29 is 0 Å². The molecule has 2 aliphatic carbocycles. The third-order valence-corrected chi connectivity index (χ3v) is 3.18. The molecule has 0 bridgehead atoms. The Morgan fingerprint density at radius 2 is 1.77 bits per heavy atom. The summed E-state index contributed by atoms with van der Waals surface area (Å²) in [5.74, 6) is 1.70. The first-order valence-electron chi connectivity index (χ1n) is 5.63. The van der Waals surface area contributed by atoms with E-state index in [2.05, 4.69) is 23.7 Å². The highest BCUT2D eigenvalue weighted by atomic mass is 15.3. The summed E-state index contributed by atoms with van der Waals surface area (Å²) in [6.07, 6.45) is 10.2. The second-order valence-electron chi connectivity index (χ2n) is 4.70. The van der Waals surface area contributed by atoms with Gasteiger partial charge in [0.25, 0.3) is 0 Å². The predicted molar refractivity (Wildman–Crippen MR) is 55.8 cm³/mol. The van der Waals surface area contributed by atoms with Gasteiger partial charge in [-0.3, -0.25) is 0 Å². The second-order valence-corrected chi connectivity index (χ2v) is 4.70. The van der Waals surface area contributed by atoms with Gasteiger partial charge < -0.3 is 5.43 Å². The van der Waals surface area contributed by atoms with Gasteiger partial charge in [0.05, 0.1) is 0 Å². The first-order chi connectivity index (χ1) is 6.34. The quantitative estimate of drug-likeness (QED) is 0.524. The highest BCUT2D eigenvalue weighted by molar-refractivity contribution is 5.60. The lowest BCUT2D eigenvalue weighted by Gasteiger charge is -2.22. The van der Waals surface area contributed by atoms with Gasteiger partial charge in [0.15, 0.2) is 0 Å². The van der Waals surface area contributed by atoms with Gasteiger partial charge in [-0.2, -0.15) is 5.10 Å². The molecular weight excluding hydrogens is 160 g/mol. The van der Waals surface area contributed by atoms with Crippen molar-refractivity contribution in [3.8, 4) is 0 Å². The van der Waals surface area contributed by atoms with Crippen LogP contribution in [0.1, 0.15) is 45.4 Å². The standard InChI is InChI=1S/C11H20N2/c1-9-2-4-10(5-3-9)8-12-13-11-6-7-11/h8-11,13H,2-7H2,1H3/b12-8+. The first kappa shape index (κ1) is 9.04. The van der Waals surface area contributed by atoms with E-state index in [-0.39, 0.29) is 0 Å². The van der Waals surface area contributed by atoms with Gasteiger partial charge in [0, 0.05) is 12.3 Å². The molecule has 0 amide bonds. The number of hydrogen-bond acceptors (Lipinski definition) is 2. The van der Waals surface area contributed by atoms with Crippen LogP contribution in [0.25, 0.3) is 0 Å². The molecule has 0 radical (unpaired) electrons. The molecular formula is C11H20N2. The highest BCUT2D eigenvalue weighted by Gasteiger charge is 2.20. The Morgan fingerprint density at radius 3 is 2.38 bits per heavy atom. The molecule has 13 heavy (non-hydrogen) atoms. The Bertz CT molecular complexity index is 177. The molecule has 0 aromatic carbocycles. The summed E-state index contributed by atoms with van der Waals surface area (Å²) in [6, 6.07) is 0.707. The monoisotopic (exact) mass is 180 g/mol. The summed E-state index contributed by atoms with van der Waals surface area (Å²) in [4.78, 5) is 0. The highest BCUT2D eigenvalue weighted by Crippen LogP contribution is 2.27. The Labute approximate surface area is 80.8 Å². The third kappa shape index (κ3) is 3.02. The normalized spacial score (nSPS) is 35.2. The van der Waals surface area contributed by atoms with E-state index in [1.807, 2.05) is 0 Å². The zero-order valence-corrected chi connectivity index (χ0v) is 8.50. The smallest absolute Gasteiger partial charge is 0.0441 e. The molecule has 2 rings (SSSR count). The van der Waals surface area contributed by atoms with Crippen molar-refractivity contribution in [1.29, 1.82) is 0 Å². The van der Waals surface area contributed by atoms with Crippen LogP contribution in [0.15, 0.2) is 5.10 Å². The van der Waals surface area contributed by atoms with E-state index in [4.69, 9.17) is 0 Å².